The first-order valence-electron chi connectivity index (χ1n) is 17.2. The first-order chi connectivity index (χ1) is 25.9. The lowest BCUT2D eigenvalue weighted by molar-refractivity contribution is -0.0799. The van der Waals surface area contributed by atoms with Crippen LogP contribution in [0, 0.1) is 35.0 Å². The van der Waals surface area contributed by atoms with Crippen LogP contribution in [0.5, 0.6) is 0 Å². The second kappa shape index (κ2) is 14.9. The van der Waals surface area contributed by atoms with Crippen molar-refractivity contribution >= 4 is 37.7 Å². The minimum Gasteiger partial charge on any atom is -0.291 e. The maximum atomic E-state index is 14.6. The minimum absolute atomic E-state index is 0.223. The molecule has 55 heavy (non-hydrogen) atoms. The molecule has 8 rings (SSSR count). The van der Waals surface area contributed by atoms with Gasteiger partial charge >= 0.3 is 11.8 Å². The Balaban J connectivity index is 0.000000160. The highest BCUT2D eigenvalue weighted by molar-refractivity contribution is 9.10. The number of fused-ring (bicyclic) bond motifs is 4. The van der Waals surface area contributed by atoms with Crippen LogP contribution < -0.4 is 11.1 Å². The summed E-state index contributed by atoms with van der Waals surface area (Å²) in [5, 5.41) is 0.682. The summed E-state index contributed by atoms with van der Waals surface area (Å²) in [6.07, 6.45) is 7.72. The van der Waals surface area contributed by atoms with Crippen molar-refractivity contribution < 1.29 is 17.6 Å². The molecule has 0 unspecified atom stereocenters. The number of alkyl halides is 4. The lowest BCUT2D eigenvalue weighted by Crippen LogP contribution is -2.43. The molecule has 0 amide bonds. The van der Waals surface area contributed by atoms with E-state index in [0.29, 0.717) is 37.7 Å². The average Bonchev–Trinajstić information content (AvgIpc) is 3.12. The number of hydrogen-bond acceptors (Lipinski definition) is 6. The summed E-state index contributed by atoms with van der Waals surface area (Å²) in [4.78, 5) is 41.4. The Kier molecular flexibility index (Phi) is 10.6. The van der Waals surface area contributed by atoms with Crippen molar-refractivity contribution in [2.75, 3.05) is 0 Å². The number of terminal acetylenes is 1. The monoisotopic (exact) mass is 810 g/mol. The van der Waals surface area contributed by atoms with Gasteiger partial charge in [-0.3, -0.25) is 18.7 Å². The molecule has 2 aliphatic rings. The van der Waals surface area contributed by atoms with E-state index in [4.69, 9.17) is 6.42 Å². The third-order valence-corrected chi connectivity index (χ3v) is 9.41. The van der Waals surface area contributed by atoms with E-state index < -0.39 is 45.4 Å². The summed E-state index contributed by atoms with van der Waals surface area (Å²) >= 11 is 3.26. The second-order valence-electron chi connectivity index (χ2n) is 15.0. The molecule has 13 heteroatoms. The van der Waals surface area contributed by atoms with E-state index >= 15 is 0 Å². The zero-order valence-electron chi connectivity index (χ0n) is 30.4. The quantitative estimate of drug-likeness (QED) is 0.113. The first-order valence-corrected chi connectivity index (χ1v) is 18.0. The van der Waals surface area contributed by atoms with Gasteiger partial charge in [0.2, 0.25) is 0 Å². The fourth-order valence-corrected chi connectivity index (χ4v) is 7.04. The lowest BCUT2D eigenvalue weighted by atomic mass is 9.83. The predicted molar refractivity (Wildman–Crippen MR) is 207 cm³/mol. The maximum absolute atomic E-state index is 14.6. The first kappa shape index (κ1) is 39.0. The zero-order chi connectivity index (χ0) is 39.8. The second-order valence-corrected chi connectivity index (χ2v) is 15.9. The van der Waals surface area contributed by atoms with Crippen molar-refractivity contribution in [1.82, 2.24) is 29.1 Å². The van der Waals surface area contributed by atoms with E-state index in [1.165, 1.54) is 0 Å². The van der Waals surface area contributed by atoms with Gasteiger partial charge in [0.15, 0.2) is 11.6 Å². The molecule has 6 heterocycles. The van der Waals surface area contributed by atoms with Gasteiger partial charge < -0.3 is 0 Å². The van der Waals surface area contributed by atoms with Crippen molar-refractivity contribution in [3.8, 4) is 24.2 Å². The Bertz CT molecular complexity index is 2640. The van der Waals surface area contributed by atoms with Gasteiger partial charge in [0.25, 0.3) is 11.1 Å². The third-order valence-electron chi connectivity index (χ3n) is 8.91. The van der Waals surface area contributed by atoms with Crippen LogP contribution in [0.25, 0.3) is 21.8 Å². The molecular formula is C42H35BrF4N6O2. The van der Waals surface area contributed by atoms with Crippen molar-refractivity contribution in [1.29, 1.82) is 0 Å². The molecule has 0 fully saturated rings. The Morgan fingerprint density at radius 2 is 1.16 bits per heavy atom. The standard InChI is InChI=1S/C21H17F2N3O.C14H13BrF2N2O.C7H5N/c1-20(2)12-21(22,23)19-25-17-11-14(6-8-15-5-3-4-10-24-15)7-9-16(17)18(27)26(19)13-20;1-13(2)6-14(16,17)12-18-10-5-8(15)3-4-9(10)11(20)19(12)7-13;1-2-7-5-3-4-6-8-7/h3-5,7,9-11H,12-13H2,1-2H3;3-5H,6-7H2,1-2H3;1,3-6H. The van der Waals surface area contributed by atoms with Crippen LogP contribution in [0.1, 0.15) is 69.1 Å². The molecule has 0 bridgehead atoms. The normalized spacial score (nSPS) is 16.7. The summed E-state index contributed by atoms with van der Waals surface area (Å²) in [5.41, 5.74) is 0.265. The SMILES string of the molecule is C#Cc1ccccn1.CC1(C)Cn2c(nc3cc(Br)ccc3c2=O)C(F)(F)C1.CC1(C)Cn2c(nc3cc(C#Cc4ccccn4)ccc3c2=O)C(F)(F)C1. The Hall–Kier alpha value is -5.66. The van der Waals surface area contributed by atoms with E-state index in [0.717, 1.165) is 9.13 Å². The molecule has 6 aromatic rings. The van der Waals surface area contributed by atoms with E-state index in [-0.39, 0.29) is 31.4 Å². The molecule has 8 nitrogen and oxygen atoms in total. The molecule has 2 aliphatic heterocycles. The number of hydrogen-bond donors (Lipinski definition) is 0. The van der Waals surface area contributed by atoms with Crippen LogP contribution in [-0.2, 0) is 24.9 Å². The molecule has 0 atom stereocenters. The minimum atomic E-state index is -3.15. The molecule has 0 spiro atoms. The van der Waals surface area contributed by atoms with Crippen molar-refractivity contribution in [2.45, 2.75) is 65.5 Å². The van der Waals surface area contributed by atoms with E-state index in [2.05, 4.69) is 53.6 Å². The molecule has 0 N–H and O–H groups in total. The van der Waals surface area contributed by atoms with Gasteiger partial charge in [-0.15, -0.1) is 6.42 Å². The van der Waals surface area contributed by atoms with Crippen LogP contribution in [0.3, 0.4) is 0 Å². The van der Waals surface area contributed by atoms with E-state index in [1.807, 2.05) is 18.2 Å². The van der Waals surface area contributed by atoms with Gasteiger partial charge in [0.05, 0.1) is 21.8 Å². The average molecular weight is 812 g/mol. The highest BCUT2D eigenvalue weighted by atomic mass is 79.9. The van der Waals surface area contributed by atoms with Crippen molar-refractivity contribution in [2.24, 2.45) is 10.8 Å². The summed E-state index contributed by atoms with van der Waals surface area (Å²) in [6.45, 7) is 7.43. The topological polar surface area (TPSA) is 95.6 Å². The molecule has 4 aromatic heterocycles. The third kappa shape index (κ3) is 8.68. The van der Waals surface area contributed by atoms with Gasteiger partial charge in [0.1, 0.15) is 11.4 Å². The van der Waals surface area contributed by atoms with E-state index in [9.17, 15) is 27.2 Å². The van der Waals surface area contributed by atoms with Crippen LogP contribution in [0.2, 0.25) is 0 Å². The van der Waals surface area contributed by atoms with Crippen LogP contribution in [0.15, 0.2) is 99.3 Å². The molecule has 280 valence electrons. The number of pyridine rings is 2. The summed E-state index contributed by atoms with van der Waals surface area (Å²) in [6, 6.07) is 20.7. The molecule has 0 aliphatic carbocycles. The van der Waals surface area contributed by atoms with Gasteiger partial charge in [0, 0.05) is 48.4 Å². The van der Waals surface area contributed by atoms with Gasteiger partial charge in [-0.25, -0.2) is 19.9 Å². The van der Waals surface area contributed by atoms with Crippen LogP contribution >= 0.6 is 15.9 Å². The van der Waals surface area contributed by atoms with Crippen molar-refractivity contribution in [3.63, 3.8) is 0 Å². The smallest absolute Gasteiger partial charge is 0.291 e. The number of halogens is 5. The van der Waals surface area contributed by atoms with Gasteiger partial charge in [-0.1, -0.05) is 67.6 Å². The lowest BCUT2D eigenvalue weighted by Gasteiger charge is -2.36. The Labute approximate surface area is 322 Å². The summed E-state index contributed by atoms with van der Waals surface area (Å²) < 4.78 is 60.7. The fraction of sp³-hybridized carbons (Fsp3) is 0.286. The van der Waals surface area contributed by atoms with Crippen LogP contribution in [-0.4, -0.2) is 29.1 Å². The van der Waals surface area contributed by atoms with E-state index in [1.54, 1.807) is 94.7 Å². The van der Waals surface area contributed by atoms with Gasteiger partial charge in [-0.05, 0) is 77.4 Å². The molecule has 0 saturated heterocycles. The maximum Gasteiger partial charge on any atom is 0.305 e. The molecule has 0 radical (unpaired) electrons. The van der Waals surface area contributed by atoms with Gasteiger partial charge in [-0.2, -0.15) is 17.6 Å². The molecule has 2 aromatic carbocycles. The van der Waals surface area contributed by atoms with Crippen LogP contribution in [0.4, 0.5) is 17.6 Å². The Morgan fingerprint density at radius 3 is 1.64 bits per heavy atom. The molecular weight excluding hydrogens is 776 g/mol. The number of rotatable bonds is 0. The highest BCUT2D eigenvalue weighted by Gasteiger charge is 2.48. The highest BCUT2D eigenvalue weighted by Crippen LogP contribution is 2.45. The number of aromatic nitrogens is 6. The Morgan fingerprint density at radius 1 is 0.673 bits per heavy atom. The zero-order valence-corrected chi connectivity index (χ0v) is 32.0. The number of nitrogens with zero attached hydrogens (tertiary/aromatic N) is 6. The molecule has 0 saturated carbocycles. The van der Waals surface area contributed by atoms with Crippen molar-refractivity contribution in [3.05, 3.63) is 139 Å². The largest absolute Gasteiger partial charge is 0.305 e. The summed E-state index contributed by atoms with van der Waals surface area (Å²) in [7, 11) is 0. The summed E-state index contributed by atoms with van der Waals surface area (Å²) in [5.74, 6) is 1.14. The number of benzene rings is 2. The predicted octanol–water partition coefficient (Wildman–Crippen LogP) is 8.46. The fourth-order valence-electron chi connectivity index (χ4n) is 6.69.